The van der Waals surface area contributed by atoms with Crippen LogP contribution in [0.25, 0.3) is 0 Å². The van der Waals surface area contributed by atoms with Crippen molar-refractivity contribution >= 4 is 17.4 Å². The number of aromatic amines is 1. The van der Waals surface area contributed by atoms with E-state index >= 15 is 0 Å². The van der Waals surface area contributed by atoms with Gasteiger partial charge in [-0.1, -0.05) is 0 Å². The van der Waals surface area contributed by atoms with Crippen molar-refractivity contribution in [2.45, 2.75) is 19.3 Å². The van der Waals surface area contributed by atoms with Crippen LogP contribution in [-0.4, -0.2) is 29.9 Å². The molecule has 0 atom stereocenters. The summed E-state index contributed by atoms with van der Waals surface area (Å²) in [5, 5.41) is 2.82. The molecule has 0 bridgehead atoms. The quantitative estimate of drug-likeness (QED) is 0.893. The fraction of sp³-hybridized carbons (Fsp3) is 0.294. The average molecular weight is 312 g/mol. The highest BCUT2D eigenvalue weighted by atomic mass is 16.6. The molecule has 23 heavy (non-hydrogen) atoms. The first kappa shape index (κ1) is 13.9. The third-order valence-electron chi connectivity index (χ3n) is 4.12. The number of ether oxygens (including phenoxy) is 2. The molecule has 0 saturated carbocycles. The van der Waals surface area contributed by atoms with Crippen molar-refractivity contribution < 1.29 is 19.1 Å². The SMILES string of the molecule is O=C(Nc1ccc2c(c1)OCCO2)c1c[nH]c2c1C(=O)CCC2. The van der Waals surface area contributed by atoms with Crippen LogP contribution in [0.5, 0.6) is 11.5 Å². The number of benzene rings is 1. The highest BCUT2D eigenvalue weighted by Gasteiger charge is 2.26. The standard InChI is InChI=1S/C17H16N2O4/c20-13-3-1-2-12-16(13)11(9-18-12)17(21)19-10-4-5-14-15(8-10)23-7-6-22-14/h4-5,8-9,18H,1-3,6-7H2,(H,19,21). The van der Waals surface area contributed by atoms with Crippen molar-refractivity contribution in [3.05, 3.63) is 41.2 Å². The molecule has 6 nitrogen and oxygen atoms in total. The van der Waals surface area contributed by atoms with Crippen molar-refractivity contribution in [3.8, 4) is 11.5 Å². The van der Waals surface area contributed by atoms with Crippen LogP contribution >= 0.6 is 0 Å². The number of carbonyl (C=O) groups excluding carboxylic acids is 2. The first-order valence-corrected chi connectivity index (χ1v) is 7.67. The molecule has 0 spiro atoms. The molecule has 6 heteroatoms. The Hall–Kier alpha value is -2.76. The molecule has 0 saturated heterocycles. The molecule has 0 radical (unpaired) electrons. The minimum atomic E-state index is -0.297. The maximum Gasteiger partial charge on any atom is 0.257 e. The van der Waals surface area contributed by atoms with Crippen LogP contribution in [0.4, 0.5) is 5.69 Å². The van der Waals surface area contributed by atoms with Crippen LogP contribution in [0, 0.1) is 0 Å². The number of H-pyrrole nitrogens is 1. The number of aryl methyl sites for hydroxylation is 1. The molecule has 2 N–H and O–H groups in total. The second-order valence-corrected chi connectivity index (χ2v) is 5.65. The molecule has 118 valence electrons. The number of Topliss-reactive ketones (excluding diaryl/α,β-unsaturated/α-hetero) is 1. The van der Waals surface area contributed by atoms with Gasteiger partial charge < -0.3 is 19.8 Å². The maximum atomic E-state index is 12.5. The highest BCUT2D eigenvalue weighted by molar-refractivity contribution is 6.13. The number of fused-ring (bicyclic) bond motifs is 2. The second-order valence-electron chi connectivity index (χ2n) is 5.65. The number of nitrogens with one attached hydrogen (secondary N) is 2. The van der Waals surface area contributed by atoms with Crippen molar-refractivity contribution in [2.75, 3.05) is 18.5 Å². The average Bonchev–Trinajstić information content (AvgIpc) is 3.00. The Kier molecular flexibility index (Phi) is 3.29. The summed E-state index contributed by atoms with van der Waals surface area (Å²) in [5.74, 6) is 1.01. The lowest BCUT2D eigenvalue weighted by Crippen LogP contribution is -2.18. The Balaban J connectivity index is 1.59. The lowest BCUT2D eigenvalue weighted by molar-refractivity contribution is 0.0956. The Labute approximate surface area is 132 Å². The fourth-order valence-corrected chi connectivity index (χ4v) is 3.03. The maximum absolute atomic E-state index is 12.5. The van der Waals surface area contributed by atoms with Gasteiger partial charge in [-0.25, -0.2) is 0 Å². The molecule has 4 rings (SSSR count). The Morgan fingerprint density at radius 3 is 2.83 bits per heavy atom. The molecule has 1 aliphatic carbocycles. The van der Waals surface area contributed by atoms with Crippen LogP contribution in [0.3, 0.4) is 0 Å². The van der Waals surface area contributed by atoms with Gasteiger partial charge in [0.1, 0.15) is 13.2 Å². The molecule has 0 fully saturated rings. The molecule has 2 aromatic rings. The first-order valence-electron chi connectivity index (χ1n) is 7.67. The number of hydrogen-bond acceptors (Lipinski definition) is 4. The monoisotopic (exact) mass is 312 g/mol. The van der Waals surface area contributed by atoms with Gasteiger partial charge in [-0.2, -0.15) is 0 Å². The van der Waals surface area contributed by atoms with Gasteiger partial charge in [-0.15, -0.1) is 0 Å². The van der Waals surface area contributed by atoms with E-state index in [0.29, 0.717) is 47.9 Å². The van der Waals surface area contributed by atoms with Gasteiger partial charge in [0.15, 0.2) is 17.3 Å². The Morgan fingerprint density at radius 1 is 1.13 bits per heavy atom. The number of hydrogen-bond donors (Lipinski definition) is 2. The number of amides is 1. The van der Waals surface area contributed by atoms with E-state index in [-0.39, 0.29) is 11.7 Å². The van der Waals surface area contributed by atoms with Crippen LogP contribution in [0.15, 0.2) is 24.4 Å². The smallest absolute Gasteiger partial charge is 0.257 e. The molecule has 1 aromatic carbocycles. The first-order chi connectivity index (χ1) is 11.2. The fourth-order valence-electron chi connectivity index (χ4n) is 3.03. The summed E-state index contributed by atoms with van der Waals surface area (Å²) in [7, 11) is 0. The second kappa shape index (κ2) is 5.46. The molecule has 0 unspecified atom stereocenters. The Morgan fingerprint density at radius 2 is 1.96 bits per heavy atom. The molecular weight excluding hydrogens is 296 g/mol. The van der Waals surface area contributed by atoms with E-state index in [1.54, 1.807) is 24.4 Å². The lowest BCUT2D eigenvalue weighted by atomic mass is 9.93. The summed E-state index contributed by atoms with van der Waals surface area (Å²) in [6.45, 7) is 1.01. The molecule has 1 amide bonds. The third kappa shape index (κ3) is 2.46. The van der Waals surface area contributed by atoms with E-state index in [1.807, 2.05) is 0 Å². The van der Waals surface area contributed by atoms with Gasteiger partial charge >= 0.3 is 0 Å². The van der Waals surface area contributed by atoms with Crippen LogP contribution < -0.4 is 14.8 Å². The van der Waals surface area contributed by atoms with Gasteiger partial charge in [-0.05, 0) is 25.0 Å². The minimum Gasteiger partial charge on any atom is -0.486 e. The van der Waals surface area contributed by atoms with Crippen molar-refractivity contribution in [2.24, 2.45) is 0 Å². The van der Waals surface area contributed by atoms with E-state index in [9.17, 15) is 9.59 Å². The van der Waals surface area contributed by atoms with E-state index in [4.69, 9.17) is 9.47 Å². The summed E-state index contributed by atoms with van der Waals surface area (Å²) >= 11 is 0. The summed E-state index contributed by atoms with van der Waals surface area (Å²) in [6, 6.07) is 5.25. The van der Waals surface area contributed by atoms with Gasteiger partial charge in [0.25, 0.3) is 5.91 Å². The van der Waals surface area contributed by atoms with Crippen molar-refractivity contribution in [1.29, 1.82) is 0 Å². The van der Waals surface area contributed by atoms with Crippen LogP contribution in [-0.2, 0) is 6.42 Å². The number of ketones is 1. The largest absolute Gasteiger partial charge is 0.486 e. The number of aromatic nitrogens is 1. The van der Waals surface area contributed by atoms with E-state index < -0.39 is 0 Å². The van der Waals surface area contributed by atoms with E-state index in [2.05, 4.69) is 10.3 Å². The zero-order chi connectivity index (χ0) is 15.8. The van der Waals surface area contributed by atoms with Crippen molar-refractivity contribution in [3.63, 3.8) is 0 Å². The highest BCUT2D eigenvalue weighted by Crippen LogP contribution is 2.33. The predicted molar refractivity (Wildman–Crippen MR) is 83.4 cm³/mol. The van der Waals surface area contributed by atoms with E-state index in [0.717, 1.165) is 18.5 Å². The van der Waals surface area contributed by atoms with Gasteiger partial charge in [-0.3, -0.25) is 9.59 Å². The third-order valence-corrected chi connectivity index (χ3v) is 4.12. The molecule has 2 heterocycles. The lowest BCUT2D eigenvalue weighted by Gasteiger charge is -2.19. The minimum absolute atomic E-state index is 0.0276. The zero-order valence-electron chi connectivity index (χ0n) is 12.5. The summed E-state index contributed by atoms with van der Waals surface area (Å²) < 4.78 is 11.0. The van der Waals surface area contributed by atoms with Gasteiger partial charge in [0, 0.05) is 30.1 Å². The van der Waals surface area contributed by atoms with E-state index in [1.165, 1.54) is 0 Å². The predicted octanol–water partition coefficient (Wildman–Crippen LogP) is 2.56. The van der Waals surface area contributed by atoms with Crippen LogP contribution in [0.1, 0.15) is 39.3 Å². The zero-order valence-corrected chi connectivity index (χ0v) is 12.5. The molecular formula is C17H16N2O4. The summed E-state index contributed by atoms with van der Waals surface area (Å²) in [4.78, 5) is 27.6. The topological polar surface area (TPSA) is 80.4 Å². The summed E-state index contributed by atoms with van der Waals surface area (Å²) in [6.07, 6.45) is 3.74. The van der Waals surface area contributed by atoms with Crippen molar-refractivity contribution in [1.82, 2.24) is 4.98 Å². The number of carbonyl (C=O) groups is 2. The summed E-state index contributed by atoms with van der Waals surface area (Å²) in [5.41, 5.74) is 2.40. The number of rotatable bonds is 2. The molecule has 1 aliphatic heterocycles. The van der Waals surface area contributed by atoms with Gasteiger partial charge in [0.2, 0.25) is 0 Å². The Bertz CT molecular complexity index is 794. The van der Waals surface area contributed by atoms with Gasteiger partial charge in [0.05, 0.1) is 11.1 Å². The van der Waals surface area contributed by atoms with Crippen LogP contribution in [0.2, 0.25) is 0 Å². The number of anilines is 1. The molecule has 2 aliphatic rings. The normalized spacial score (nSPS) is 15.9. The molecule has 1 aromatic heterocycles.